The summed E-state index contributed by atoms with van der Waals surface area (Å²) in [7, 11) is 5.74. The second-order valence-corrected chi connectivity index (χ2v) is 6.72. The summed E-state index contributed by atoms with van der Waals surface area (Å²) in [5.74, 6) is -0.379. The van der Waals surface area contributed by atoms with Gasteiger partial charge in [-0.15, -0.1) is 9.78 Å². The standard InChI is InChI=1S/C24H28O10/c1-6-7-8-9-22(31-33-23(25)18-14-16(27-2)10-12-20(18)29-4)32-34-24(26)19-15-17(28-3)11-13-21(19)30-5/h10-15H,1,6-9H2,2-5H3. The number of unbranched alkanes of at least 4 members (excludes halogenated alkanes) is 2. The van der Waals surface area contributed by atoms with E-state index in [1.165, 1.54) is 40.6 Å². The summed E-state index contributed by atoms with van der Waals surface area (Å²) in [5, 5.41) is 0. The zero-order chi connectivity index (χ0) is 24.9. The Balaban J connectivity index is 2.07. The first-order valence-electron chi connectivity index (χ1n) is 10.3. The monoisotopic (exact) mass is 476 g/mol. The maximum absolute atomic E-state index is 12.5. The van der Waals surface area contributed by atoms with Crippen LogP contribution in [0.2, 0.25) is 0 Å². The van der Waals surface area contributed by atoms with Gasteiger partial charge in [-0.2, -0.15) is 0 Å². The molecule has 2 aromatic rings. The van der Waals surface area contributed by atoms with E-state index in [0.29, 0.717) is 24.3 Å². The predicted octanol–water partition coefficient (Wildman–Crippen LogP) is 4.48. The molecule has 0 spiro atoms. The smallest absolute Gasteiger partial charge is 0.377 e. The molecule has 0 aliphatic carbocycles. The van der Waals surface area contributed by atoms with E-state index in [1.807, 2.05) is 0 Å². The third-order valence-corrected chi connectivity index (χ3v) is 4.55. The van der Waals surface area contributed by atoms with Gasteiger partial charge >= 0.3 is 18.2 Å². The third-order valence-electron chi connectivity index (χ3n) is 4.55. The maximum Gasteiger partial charge on any atom is 0.377 e. The number of carbonyl (C=O) groups is 2. The van der Waals surface area contributed by atoms with Gasteiger partial charge in [0.2, 0.25) is 0 Å². The Morgan fingerprint density at radius 2 is 1.15 bits per heavy atom. The van der Waals surface area contributed by atoms with Gasteiger partial charge in [0, 0.05) is 6.42 Å². The van der Waals surface area contributed by atoms with Crippen molar-refractivity contribution in [2.45, 2.75) is 25.7 Å². The van der Waals surface area contributed by atoms with Crippen LogP contribution in [0.25, 0.3) is 0 Å². The molecule has 184 valence electrons. The van der Waals surface area contributed by atoms with Gasteiger partial charge < -0.3 is 18.9 Å². The van der Waals surface area contributed by atoms with E-state index in [0.717, 1.165) is 6.42 Å². The number of ether oxygens (including phenoxy) is 4. The SMILES string of the molecule is [CH2]CCCC[C](OOC(=O)c1cc(OC)ccc1OC)OOC(=O)c1cc(OC)ccc1OC. The predicted molar refractivity (Wildman–Crippen MR) is 119 cm³/mol. The largest absolute Gasteiger partial charge is 0.497 e. The Labute approximate surface area is 198 Å². The average Bonchev–Trinajstić information content (AvgIpc) is 2.88. The van der Waals surface area contributed by atoms with Crippen molar-refractivity contribution in [3.8, 4) is 23.0 Å². The number of benzene rings is 2. The van der Waals surface area contributed by atoms with Gasteiger partial charge in [0.25, 0.3) is 0 Å². The van der Waals surface area contributed by atoms with Crippen molar-refractivity contribution in [1.29, 1.82) is 0 Å². The first-order valence-corrected chi connectivity index (χ1v) is 10.3. The lowest BCUT2D eigenvalue weighted by molar-refractivity contribution is -0.364. The van der Waals surface area contributed by atoms with E-state index in [1.54, 1.807) is 24.3 Å². The molecule has 34 heavy (non-hydrogen) atoms. The Kier molecular flexibility index (Phi) is 10.9. The molecular weight excluding hydrogens is 448 g/mol. The zero-order valence-electron chi connectivity index (χ0n) is 19.6. The zero-order valence-corrected chi connectivity index (χ0v) is 19.6. The van der Waals surface area contributed by atoms with E-state index >= 15 is 0 Å². The first kappa shape index (κ1) is 26.7. The molecular formula is C24H28O10. The lowest BCUT2D eigenvalue weighted by atomic mass is 10.2. The Morgan fingerprint density at radius 3 is 1.53 bits per heavy atom. The van der Waals surface area contributed by atoms with Crippen molar-refractivity contribution in [1.82, 2.24) is 0 Å². The molecule has 2 aromatic carbocycles. The summed E-state index contributed by atoms with van der Waals surface area (Å²) in [5.41, 5.74) is 0.133. The normalized spacial score (nSPS) is 10.5. The minimum atomic E-state index is -0.866. The van der Waals surface area contributed by atoms with Gasteiger partial charge in [0.1, 0.15) is 34.1 Å². The van der Waals surface area contributed by atoms with Crippen molar-refractivity contribution in [2.75, 3.05) is 28.4 Å². The maximum atomic E-state index is 12.5. The summed E-state index contributed by atoms with van der Waals surface area (Å²) in [6.07, 6.45) is 1.94. The van der Waals surface area contributed by atoms with E-state index in [-0.39, 0.29) is 35.3 Å². The van der Waals surface area contributed by atoms with Crippen LogP contribution in [0, 0.1) is 13.2 Å². The van der Waals surface area contributed by atoms with E-state index < -0.39 is 11.9 Å². The molecule has 0 saturated carbocycles. The summed E-state index contributed by atoms with van der Waals surface area (Å²) in [6.45, 7) is 3.77. The summed E-state index contributed by atoms with van der Waals surface area (Å²) in [6, 6.07) is 9.22. The van der Waals surface area contributed by atoms with Crippen LogP contribution >= 0.6 is 0 Å². The van der Waals surface area contributed by atoms with Gasteiger partial charge in [-0.25, -0.2) is 9.59 Å². The van der Waals surface area contributed by atoms with Crippen molar-refractivity contribution in [3.63, 3.8) is 0 Å². The highest BCUT2D eigenvalue weighted by Gasteiger charge is 2.24. The topological polar surface area (TPSA) is 108 Å². The quantitative estimate of drug-likeness (QED) is 0.220. The minimum Gasteiger partial charge on any atom is -0.497 e. The third kappa shape index (κ3) is 7.53. The van der Waals surface area contributed by atoms with Crippen LogP contribution in [-0.2, 0) is 19.6 Å². The fourth-order valence-corrected chi connectivity index (χ4v) is 2.75. The van der Waals surface area contributed by atoms with E-state index in [9.17, 15) is 9.59 Å². The first-order chi connectivity index (χ1) is 16.5. The van der Waals surface area contributed by atoms with Gasteiger partial charge in [-0.1, -0.05) is 19.8 Å². The van der Waals surface area contributed by atoms with Crippen molar-refractivity contribution in [2.24, 2.45) is 0 Å². The summed E-state index contributed by atoms with van der Waals surface area (Å²) in [4.78, 5) is 45.0. The Hall–Kier alpha value is -3.50. The second kappa shape index (κ2) is 13.9. The Bertz CT molecular complexity index is 872. The number of hydrogen-bond acceptors (Lipinski definition) is 10. The van der Waals surface area contributed by atoms with Crippen molar-refractivity contribution >= 4 is 11.9 Å². The molecule has 0 aliphatic heterocycles. The molecule has 0 amide bonds. The average molecular weight is 476 g/mol. The van der Waals surface area contributed by atoms with Gasteiger partial charge in [-0.05, 0) is 42.8 Å². The molecule has 10 nitrogen and oxygen atoms in total. The molecule has 10 heteroatoms. The lowest BCUT2D eigenvalue weighted by Crippen LogP contribution is -2.17. The van der Waals surface area contributed by atoms with Crippen molar-refractivity contribution < 1.29 is 48.1 Å². The highest BCUT2D eigenvalue weighted by Crippen LogP contribution is 2.27. The molecule has 0 aromatic heterocycles. The van der Waals surface area contributed by atoms with Crippen LogP contribution in [0.5, 0.6) is 23.0 Å². The summed E-state index contributed by atoms with van der Waals surface area (Å²) >= 11 is 0. The second-order valence-electron chi connectivity index (χ2n) is 6.72. The number of methoxy groups -OCH3 is 4. The fourth-order valence-electron chi connectivity index (χ4n) is 2.75. The molecule has 2 rings (SSSR count). The summed E-state index contributed by atoms with van der Waals surface area (Å²) < 4.78 is 20.6. The van der Waals surface area contributed by atoms with Crippen LogP contribution in [0.3, 0.4) is 0 Å². The number of carbonyl (C=O) groups excluding carboxylic acids is 2. The van der Waals surface area contributed by atoms with Gasteiger partial charge in [0.05, 0.1) is 28.4 Å². The van der Waals surface area contributed by atoms with Gasteiger partial charge in [0.15, 0.2) is 0 Å². The Morgan fingerprint density at radius 1 is 0.676 bits per heavy atom. The molecule has 0 heterocycles. The fraction of sp³-hybridized carbons (Fsp3) is 0.333. The van der Waals surface area contributed by atoms with Crippen LogP contribution < -0.4 is 18.9 Å². The molecule has 0 aliphatic rings. The molecule has 0 bridgehead atoms. The number of rotatable bonds is 14. The minimum absolute atomic E-state index is 0.0667. The highest BCUT2D eigenvalue weighted by molar-refractivity contribution is 5.93. The van der Waals surface area contributed by atoms with Crippen LogP contribution in [0.4, 0.5) is 0 Å². The van der Waals surface area contributed by atoms with Crippen LogP contribution in [0.15, 0.2) is 36.4 Å². The molecule has 0 unspecified atom stereocenters. The molecule has 0 N–H and O–H groups in total. The molecule has 2 radical (unpaired) electrons. The van der Waals surface area contributed by atoms with Gasteiger partial charge in [-0.3, -0.25) is 9.78 Å². The molecule has 0 saturated heterocycles. The van der Waals surface area contributed by atoms with E-state index in [2.05, 4.69) is 6.92 Å². The molecule has 0 atom stereocenters. The molecule has 0 fully saturated rings. The number of hydrogen-bond donors (Lipinski definition) is 0. The van der Waals surface area contributed by atoms with E-state index in [4.69, 9.17) is 38.5 Å². The lowest BCUT2D eigenvalue weighted by Gasteiger charge is -2.15. The van der Waals surface area contributed by atoms with Crippen molar-refractivity contribution in [3.05, 3.63) is 60.7 Å². The van der Waals surface area contributed by atoms with Crippen LogP contribution in [-0.4, -0.2) is 40.4 Å². The van der Waals surface area contributed by atoms with Crippen LogP contribution in [0.1, 0.15) is 46.4 Å². The highest BCUT2D eigenvalue weighted by atomic mass is 17.3.